The van der Waals surface area contributed by atoms with E-state index in [1.807, 2.05) is 43.3 Å². The summed E-state index contributed by atoms with van der Waals surface area (Å²) in [5.41, 5.74) is 4.12. The maximum atomic E-state index is 13.0. The number of esters is 1. The molecule has 3 rings (SSSR count). The molecule has 0 N–H and O–H groups in total. The van der Waals surface area contributed by atoms with Crippen molar-refractivity contribution in [3.05, 3.63) is 82.3 Å². The maximum absolute atomic E-state index is 13.0. The van der Waals surface area contributed by atoms with Crippen LogP contribution >= 0.6 is 0 Å². The first-order valence-electron chi connectivity index (χ1n) is 8.30. The van der Waals surface area contributed by atoms with E-state index in [2.05, 4.69) is 4.98 Å². The zero-order chi connectivity index (χ0) is 18.7. The number of allylic oxidation sites excluding steroid dienone is 1. The number of rotatable bonds is 4. The van der Waals surface area contributed by atoms with Crippen molar-refractivity contribution in [1.29, 1.82) is 0 Å². The number of hydrogen-bond acceptors (Lipinski definition) is 4. The monoisotopic (exact) mass is 348 g/mol. The van der Waals surface area contributed by atoms with Gasteiger partial charge < -0.3 is 9.64 Å². The number of methoxy groups -OCH3 is 1. The summed E-state index contributed by atoms with van der Waals surface area (Å²) in [6.45, 7) is 4.11. The standard InChI is InChI=1S/C21H20N2O3/c1-14-6-8-16(9-7-14)11-18-19(21(25)26-3)15(2)23(20(18)24)13-17-5-4-10-22-12-17/h4-12H,13H2,1-3H3. The van der Waals surface area contributed by atoms with Crippen LogP contribution in [0.2, 0.25) is 0 Å². The van der Waals surface area contributed by atoms with Crippen molar-refractivity contribution in [2.24, 2.45) is 0 Å². The highest BCUT2D eigenvalue weighted by Gasteiger charge is 2.36. The zero-order valence-corrected chi connectivity index (χ0v) is 15.0. The van der Waals surface area contributed by atoms with Crippen molar-refractivity contribution < 1.29 is 14.3 Å². The Morgan fingerprint density at radius 3 is 2.54 bits per heavy atom. The maximum Gasteiger partial charge on any atom is 0.340 e. The van der Waals surface area contributed by atoms with E-state index < -0.39 is 5.97 Å². The summed E-state index contributed by atoms with van der Waals surface area (Å²) in [5, 5.41) is 0. The SMILES string of the molecule is COC(=O)C1=C(C)N(Cc2cccnc2)C(=O)C1=Cc1ccc(C)cc1. The van der Waals surface area contributed by atoms with Crippen LogP contribution in [0, 0.1) is 6.92 Å². The van der Waals surface area contributed by atoms with E-state index in [0.29, 0.717) is 23.4 Å². The number of pyridine rings is 1. The fourth-order valence-electron chi connectivity index (χ4n) is 2.92. The Kier molecular flexibility index (Phi) is 4.98. The van der Waals surface area contributed by atoms with Crippen molar-refractivity contribution in [3.8, 4) is 0 Å². The molecule has 132 valence electrons. The third-order valence-electron chi connectivity index (χ3n) is 4.35. The molecule has 1 aromatic carbocycles. The smallest absolute Gasteiger partial charge is 0.340 e. The molecule has 0 atom stereocenters. The lowest BCUT2D eigenvalue weighted by Gasteiger charge is -2.17. The minimum absolute atomic E-state index is 0.215. The largest absolute Gasteiger partial charge is 0.465 e. The van der Waals surface area contributed by atoms with Crippen molar-refractivity contribution in [3.63, 3.8) is 0 Å². The summed E-state index contributed by atoms with van der Waals surface area (Å²) in [6, 6.07) is 11.5. The van der Waals surface area contributed by atoms with E-state index in [1.54, 1.807) is 30.3 Å². The Morgan fingerprint density at radius 2 is 1.92 bits per heavy atom. The molecule has 0 aliphatic carbocycles. The number of aromatic nitrogens is 1. The van der Waals surface area contributed by atoms with E-state index in [9.17, 15) is 9.59 Å². The number of carbonyl (C=O) groups excluding carboxylic acids is 2. The van der Waals surface area contributed by atoms with Crippen molar-refractivity contribution in [2.75, 3.05) is 7.11 Å². The van der Waals surface area contributed by atoms with Gasteiger partial charge in [0.2, 0.25) is 0 Å². The van der Waals surface area contributed by atoms with Crippen LogP contribution in [-0.4, -0.2) is 28.9 Å². The van der Waals surface area contributed by atoms with E-state index in [1.165, 1.54) is 7.11 Å². The molecule has 0 radical (unpaired) electrons. The third kappa shape index (κ3) is 3.42. The minimum Gasteiger partial charge on any atom is -0.465 e. The number of aryl methyl sites for hydroxylation is 1. The minimum atomic E-state index is -0.511. The predicted molar refractivity (Wildman–Crippen MR) is 98.7 cm³/mol. The Morgan fingerprint density at radius 1 is 1.19 bits per heavy atom. The average molecular weight is 348 g/mol. The van der Waals surface area contributed by atoms with Gasteiger partial charge in [-0.05, 0) is 37.1 Å². The second-order valence-electron chi connectivity index (χ2n) is 6.17. The molecule has 0 spiro atoms. The lowest BCUT2D eigenvalue weighted by Crippen LogP contribution is -2.24. The second kappa shape index (κ2) is 7.35. The lowest BCUT2D eigenvalue weighted by molar-refractivity contribution is -0.136. The number of carbonyl (C=O) groups is 2. The molecule has 0 unspecified atom stereocenters. The fourth-order valence-corrected chi connectivity index (χ4v) is 2.92. The molecule has 5 nitrogen and oxygen atoms in total. The topological polar surface area (TPSA) is 59.5 Å². The molecule has 1 aliphatic rings. The third-order valence-corrected chi connectivity index (χ3v) is 4.35. The average Bonchev–Trinajstić information content (AvgIpc) is 2.88. The first-order valence-corrected chi connectivity index (χ1v) is 8.30. The van der Waals surface area contributed by atoms with Crippen LogP contribution in [0.1, 0.15) is 23.6 Å². The van der Waals surface area contributed by atoms with Gasteiger partial charge in [-0.25, -0.2) is 4.79 Å². The highest BCUT2D eigenvalue weighted by molar-refractivity contribution is 6.16. The number of benzene rings is 1. The summed E-state index contributed by atoms with van der Waals surface area (Å²) < 4.78 is 4.91. The van der Waals surface area contributed by atoms with Crippen LogP contribution < -0.4 is 0 Å². The van der Waals surface area contributed by atoms with Gasteiger partial charge in [0.05, 0.1) is 24.8 Å². The van der Waals surface area contributed by atoms with Crippen LogP contribution in [0.3, 0.4) is 0 Å². The molecule has 0 bridgehead atoms. The van der Waals surface area contributed by atoms with E-state index in [0.717, 1.165) is 16.7 Å². The number of nitrogens with zero attached hydrogens (tertiary/aromatic N) is 2. The summed E-state index contributed by atoms with van der Waals surface area (Å²) in [6.07, 6.45) is 5.13. The molecule has 0 fully saturated rings. The predicted octanol–water partition coefficient (Wildman–Crippen LogP) is 3.26. The van der Waals surface area contributed by atoms with E-state index in [4.69, 9.17) is 4.74 Å². The Bertz CT molecular complexity index is 897. The molecule has 0 saturated carbocycles. The van der Waals surface area contributed by atoms with Gasteiger partial charge in [-0.2, -0.15) is 0 Å². The molecular weight excluding hydrogens is 328 g/mol. The van der Waals surface area contributed by atoms with Crippen LogP contribution in [0.4, 0.5) is 0 Å². The summed E-state index contributed by atoms with van der Waals surface area (Å²) in [7, 11) is 1.32. The number of hydrogen-bond donors (Lipinski definition) is 0. The highest BCUT2D eigenvalue weighted by Crippen LogP contribution is 2.32. The van der Waals surface area contributed by atoms with Crippen molar-refractivity contribution in [2.45, 2.75) is 20.4 Å². The first-order chi connectivity index (χ1) is 12.5. The van der Waals surface area contributed by atoms with Gasteiger partial charge in [-0.3, -0.25) is 9.78 Å². The molecule has 1 amide bonds. The molecular formula is C21H20N2O3. The second-order valence-corrected chi connectivity index (χ2v) is 6.17. The molecule has 2 heterocycles. The number of ether oxygens (including phenoxy) is 1. The summed E-state index contributed by atoms with van der Waals surface area (Å²) in [5.74, 6) is -0.727. The van der Waals surface area contributed by atoms with Crippen molar-refractivity contribution >= 4 is 18.0 Å². The van der Waals surface area contributed by atoms with Gasteiger partial charge in [0.25, 0.3) is 5.91 Å². The molecule has 1 aromatic heterocycles. The van der Waals surface area contributed by atoms with Gasteiger partial charge in [0.15, 0.2) is 0 Å². The van der Waals surface area contributed by atoms with Gasteiger partial charge in [-0.15, -0.1) is 0 Å². The van der Waals surface area contributed by atoms with Crippen LogP contribution in [-0.2, 0) is 20.9 Å². The van der Waals surface area contributed by atoms with Gasteiger partial charge in [-0.1, -0.05) is 35.9 Å². The van der Waals surface area contributed by atoms with Gasteiger partial charge >= 0.3 is 5.97 Å². The normalized spacial score (nSPS) is 15.7. The van der Waals surface area contributed by atoms with Gasteiger partial charge in [0, 0.05) is 18.1 Å². The van der Waals surface area contributed by atoms with Crippen LogP contribution in [0.15, 0.2) is 65.6 Å². The van der Waals surface area contributed by atoms with Gasteiger partial charge in [0.1, 0.15) is 0 Å². The molecule has 1 aliphatic heterocycles. The Labute approximate surface area is 152 Å². The summed E-state index contributed by atoms with van der Waals surface area (Å²) in [4.78, 5) is 31.0. The number of amides is 1. The quantitative estimate of drug-likeness (QED) is 0.628. The van der Waals surface area contributed by atoms with E-state index in [-0.39, 0.29) is 5.91 Å². The Balaban J connectivity index is 2.02. The fraction of sp³-hybridized carbons (Fsp3) is 0.190. The van der Waals surface area contributed by atoms with Crippen molar-refractivity contribution in [1.82, 2.24) is 9.88 Å². The van der Waals surface area contributed by atoms with E-state index >= 15 is 0 Å². The lowest BCUT2D eigenvalue weighted by atomic mass is 10.0. The van der Waals surface area contributed by atoms with Crippen LogP contribution in [0.5, 0.6) is 0 Å². The Hall–Kier alpha value is -3.21. The molecule has 0 saturated heterocycles. The zero-order valence-electron chi connectivity index (χ0n) is 15.0. The molecule has 5 heteroatoms. The highest BCUT2D eigenvalue weighted by atomic mass is 16.5. The molecule has 2 aromatic rings. The summed E-state index contributed by atoms with van der Waals surface area (Å²) >= 11 is 0. The molecule has 26 heavy (non-hydrogen) atoms. The van der Waals surface area contributed by atoms with Crippen LogP contribution in [0.25, 0.3) is 6.08 Å². The first kappa shape index (κ1) is 17.6.